The Morgan fingerprint density at radius 2 is 2.00 bits per heavy atom. The van der Waals surface area contributed by atoms with Crippen molar-refractivity contribution in [2.75, 3.05) is 27.3 Å². The first-order valence-corrected chi connectivity index (χ1v) is 5.53. The highest BCUT2D eigenvalue weighted by Gasteiger charge is 2.44. The minimum atomic E-state index is -0.187. The fraction of sp³-hybridized carbons (Fsp3) is 1.00. The van der Waals surface area contributed by atoms with Crippen LogP contribution >= 0.6 is 0 Å². The predicted molar refractivity (Wildman–Crippen MR) is 55.1 cm³/mol. The summed E-state index contributed by atoms with van der Waals surface area (Å²) >= 11 is 0. The van der Waals surface area contributed by atoms with E-state index in [1.54, 1.807) is 0 Å². The third-order valence-electron chi connectivity index (χ3n) is 4.06. The molecule has 0 amide bonds. The van der Waals surface area contributed by atoms with Crippen molar-refractivity contribution in [2.45, 2.75) is 25.5 Å². The molecule has 1 aliphatic heterocycles. The lowest BCUT2D eigenvalue weighted by atomic mass is 9.70. The van der Waals surface area contributed by atoms with Crippen LogP contribution in [-0.2, 0) is 4.74 Å². The van der Waals surface area contributed by atoms with Crippen LogP contribution in [-0.4, -0.2) is 49.5 Å². The molecule has 5 atom stereocenters. The lowest BCUT2D eigenvalue weighted by Gasteiger charge is -2.42. The van der Waals surface area contributed by atoms with E-state index >= 15 is 0 Å². The van der Waals surface area contributed by atoms with Crippen LogP contribution in [0.25, 0.3) is 0 Å². The van der Waals surface area contributed by atoms with Crippen LogP contribution in [0.1, 0.15) is 13.3 Å². The Bertz CT molecular complexity index is 205. The number of aliphatic hydroxyl groups is 1. The molecule has 1 aliphatic carbocycles. The molecule has 2 rings (SSSR count). The fourth-order valence-corrected chi connectivity index (χ4v) is 3.01. The summed E-state index contributed by atoms with van der Waals surface area (Å²) in [6.07, 6.45) is 0.899. The number of aliphatic hydroxyl groups excluding tert-OH is 1. The first kappa shape index (κ1) is 10.4. The lowest BCUT2D eigenvalue weighted by Crippen LogP contribution is -2.51. The predicted octanol–water partition coefficient (Wildman–Crippen LogP) is 0.580. The zero-order valence-electron chi connectivity index (χ0n) is 9.31. The van der Waals surface area contributed by atoms with E-state index in [9.17, 15) is 5.11 Å². The van der Waals surface area contributed by atoms with Gasteiger partial charge in [0.25, 0.3) is 0 Å². The molecule has 14 heavy (non-hydrogen) atoms. The number of rotatable bonds is 1. The van der Waals surface area contributed by atoms with Crippen molar-refractivity contribution < 1.29 is 9.84 Å². The van der Waals surface area contributed by atoms with Gasteiger partial charge < -0.3 is 14.7 Å². The molecule has 0 spiro atoms. The second-order valence-corrected chi connectivity index (χ2v) is 5.08. The average Bonchev–Trinajstić information content (AvgIpc) is 2.58. The quantitative estimate of drug-likeness (QED) is 0.670. The minimum absolute atomic E-state index is 0.187. The second kappa shape index (κ2) is 3.80. The van der Waals surface area contributed by atoms with Gasteiger partial charge in [-0.3, -0.25) is 0 Å². The molecule has 82 valence electrons. The summed E-state index contributed by atoms with van der Waals surface area (Å²) in [5.41, 5.74) is 0. The van der Waals surface area contributed by atoms with E-state index in [0.29, 0.717) is 23.8 Å². The molecule has 0 aromatic heterocycles. The first-order chi connectivity index (χ1) is 6.61. The molecule has 2 aliphatic rings. The van der Waals surface area contributed by atoms with Crippen molar-refractivity contribution in [3.8, 4) is 0 Å². The minimum Gasteiger partial charge on any atom is -0.391 e. The number of hydrogen-bond acceptors (Lipinski definition) is 3. The Morgan fingerprint density at radius 1 is 1.29 bits per heavy atom. The van der Waals surface area contributed by atoms with Gasteiger partial charge in [0.05, 0.1) is 12.7 Å². The summed E-state index contributed by atoms with van der Waals surface area (Å²) in [4.78, 5) is 2.15. The van der Waals surface area contributed by atoms with Crippen LogP contribution < -0.4 is 0 Å². The number of fused-ring (bicyclic) bond motifs is 1. The summed E-state index contributed by atoms with van der Waals surface area (Å²) in [6.45, 7) is 3.90. The van der Waals surface area contributed by atoms with Crippen molar-refractivity contribution in [3.63, 3.8) is 0 Å². The van der Waals surface area contributed by atoms with Crippen molar-refractivity contribution >= 4 is 0 Å². The van der Waals surface area contributed by atoms with Crippen LogP contribution in [0.4, 0.5) is 0 Å². The highest BCUT2D eigenvalue weighted by atomic mass is 16.5. The number of hydrogen-bond donors (Lipinski definition) is 1. The monoisotopic (exact) mass is 199 g/mol. The molecule has 1 N–H and O–H groups in total. The van der Waals surface area contributed by atoms with Gasteiger partial charge in [-0.05, 0) is 38.3 Å². The Hall–Kier alpha value is -0.120. The second-order valence-electron chi connectivity index (χ2n) is 5.08. The van der Waals surface area contributed by atoms with Crippen LogP contribution in [0.5, 0.6) is 0 Å². The molecule has 0 aromatic carbocycles. The SMILES string of the molecule is C[C@@H]1[C@H](O)[C@@H](N(C)C)C[C@@H]2COC[C@H]21. The van der Waals surface area contributed by atoms with E-state index < -0.39 is 0 Å². The first-order valence-electron chi connectivity index (χ1n) is 5.53. The highest BCUT2D eigenvalue weighted by Crippen LogP contribution is 2.40. The Morgan fingerprint density at radius 3 is 2.64 bits per heavy atom. The van der Waals surface area contributed by atoms with Gasteiger partial charge in [0.15, 0.2) is 0 Å². The molecule has 1 saturated heterocycles. The summed E-state index contributed by atoms with van der Waals surface area (Å²) < 4.78 is 5.51. The van der Waals surface area contributed by atoms with Gasteiger partial charge in [0.1, 0.15) is 0 Å². The van der Waals surface area contributed by atoms with Crippen LogP contribution in [0.2, 0.25) is 0 Å². The molecule has 0 radical (unpaired) electrons. The third kappa shape index (κ3) is 1.58. The van der Waals surface area contributed by atoms with E-state index in [-0.39, 0.29) is 6.10 Å². The smallest absolute Gasteiger partial charge is 0.0724 e. The summed E-state index contributed by atoms with van der Waals surface area (Å²) in [5.74, 6) is 1.63. The van der Waals surface area contributed by atoms with E-state index in [0.717, 1.165) is 19.6 Å². The van der Waals surface area contributed by atoms with Crippen LogP contribution in [0, 0.1) is 17.8 Å². The average molecular weight is 199 g/mol. The lowest BCUT2D eigenvalue weighted by molar-refractivity contribution is -0.0341. The molecule has 0 bridgehead atoms. The van der Waals surface area contributed by atoms with Crippen molar-refractivity contribution in [2.24, 2.45) is 17.8 Å². The van der Waals surface area contributed by atoms with Gasteiger partial charge in [-0.1, -0.05) is 6.92 Å². The summed E-state index contributed by atoms with van der Waals surface area (Å²) in [6, 6.07) is 0.313. The van der Waals surface area contributed by atoms with Crippen molar-refractivity contribution in [1.29, 1.82) is 0 Å². The summed E-state index contributed by atoms with van der Waals surface area (Å²) in [7, 11) is 4.10. The van der Waals surface area contributed by atoms with Crippen LogP contribution in [0.3, 0.4) is 0 Å². The fourth-order valence-electron chi connectivity index (χ4n) is 3.01. The standard InChI is InChI=1S/C11H21NO2/c1-7-9-6-14-5-8(9)4-10(11(7)13)12(2)3/h7-11,13H,4-6H2,1-3H3/t7-,8+,9-,10-,11-/m0/s1. The van der Waals surface area contributed by atoms with Gasteiger partial charge in [0.2, 0.25) is 0 Å². The zero-order chi connectivity index (χ0) is 10.3. The van der Waals surface area contributed by atoms with Gasteiger partial charge in [-0.2, -0.15) is 0 Å². The topological polar surface area (TPSA) is 32.7 Å². The normalized spacial score (nSPS) is 48.2. The van der Waals surface area contributed by atoms with E-state index in [4.69, 9.17) is 4.74 Å². The maximum absolute atomic E-state index is 10.2. The van der Waals surface area contributed by atoms with Gasteiger partial charge in [0, 0.05) is 12.6 Å². The number of likely N-dealkylation sites (N-methyl/N-ethyl adjacent to an activating group) is 1. The number of nitrogens with zero attached hydrogens (tertiary/aromatic N) is 1. The molecule has 3 nitrogen and oxygen atoms in total. The molecule has 3 heteroatoms. The maximum Gasteiger partial charge on any atom is 0.0724 e. The molecular formula is C11H21NO2. The Labute approximate surface area is 86.0 Å². The molecule has 1 saturated carbocycles. The van der Waals surface area contributed by atoms with Crippen molar-refractivity contribution in [3.05, 3.63) is 0 Å². The summed E-state index contributed by atoms with van der Waals surface area (Å²) in [5, 5.41) is 10.2. The molecule has 2 fully saturated rings. The zero-order valence-corrected chi connectivity index (χ0v) is 9.31. The Kier molecular flexibility index (Phi) is 2.82. The third-order valence-corrected chi connectivity index (χ3v) is 4.06. The molecular weight excluding hydrogens is 178 g/mol. The molecule has 0 unspecified atom stereocenters. The van der Waals surface area contributed by atoms with E-state index in [2.05, 4.69) is 25.9 Å². The van der Waals surface area contributed by atoms with Gasteiger partial charge in [-0.15, -0.1) is 0 Å². The van der Waals surface area contributed by atoms with Crippen LogP contribution in [0.15, 0.2) is 0 Å². The Balaban J connectivity index is 2.11. The van der Waals surface area contributed by atoms with E-state index in [1.807, 2.05) is 0 Å². The van der Waals surface area contributed by atoms with Gasteiger partial charge >= 0.3 is 0 Å². The highest BCUT2D eigenvalue weighted by molar-refractivity contribution is 4.95. The largest absolute Gasteiger partial charge is 0.391 e. The maximum atomic E-state index is 10.2. The molecule has 1 heterocycles. The van der Waals surface area contributed by atoms with E-state index in [1.165, 1.54) is 0 Å². The number of ether oxygens (including phenoxy) is 1. The van der Waals surface area contributed by atoms with Crippen molar-refractivity contribution in [1.82, 2.24) is 4.90 Å². The van der Waals surface area contributed by atoms with Gasteiger partial charge in [-0.25, -0.2) is 0 Å². The molecule has 0 aromatic rings.